The van der Waals surface area contributed by atoms with Gasteiger partial charge in [-0.15, -0.1) is 0 Å². The number of alkyl halides is 2. The molecule has 0 saturated heterocycles. The maximum absolute atomic E-state index is 13.1. The van der Waals surface area contributed by atoms with Gasteiger partial charge < -0.3 is 24.2 Å². The molecule has 2 aromatic carbocycles. The standard InChI is InChI=1S/C44H61Br2NO6/c1-29(5-18-41(49)52-28-31-8-13-34(51-4)14-9-31)37-16-17-38-36-15-10-32-26-35(19-20-43(32,2)39(36)27-40(48)44(37,38)3)53-42(50)25-30-6-11-33(12-7-30)47(23-21-45)24-22-46/h6-9,11-14,29,32,35-40,48H,5,10,15-28H2,1-4H3/t29-,32-,35-,36+,37-,38+,39+,40+,43+,44-/m1/s1. The van der Waals surface area contributed by atoms with E-state index in [9.17, 15) is 14.7 Å². The first-order chi connectivity index (χ1) is 25.5. The Morgan fingerprint density at radius 1 is 0.887 bits per heavy atom. The van der Waals surface area contributed by atoms with E-state index >= 15 is 0 Å². The van der Waals surface area contributed by atoms with Crippen LogP contribution in [0.3, 0.4) is 0 Å². The summed E-state index contributed by atoms with van der Waals surface area (Å²) in [5, 5.41) is 13.9. The van der Waals surface area contributed by atoms with Gasteiger partial charge in [-0.2, -0.15) is 0 Å². The fraction of sp³-hybridized carbons (Fsp3) is 0.682. The number of nitrogens with zero attached hydrogens (tertiary/aromatic N) is 1. The lowest BCUT2D eigenvalue weighted by Gasteiger charge is -2.62. The van der Waals surface area contributed by atoms with E-state index in [2.05, 4.69) is 81.8 Å². The molecule has 6 rings (SSSR count). The van der Waals surface area contributed by atoms with Crippen molar-refractivity contribution in [3.8, 4) is 5.75 Å². The molecule has 0 aromatic heterocycles. The molecule has 0 heterocycles. The summed E-state index contributed by atoms with van der Waals surface area (Å²) in [6.07, 6.45) is 9.55. The predicted molar refractivity (Wildman–Crippen MR) is 218 cm³/mol. The van der Waals surface area contributed by atoms with Gasteiger partial charge in [-0.05, 0) is 140 Å². The number of ether oxygens (including phenoxy) is 3. The molecular weight excluding hydrogens is 798 g/mol. The second-order valence-electron chi connectivity index (χ2n) is 17.1. The van der Waals surface area contributed by atoms with Crippen molar-refractivity contribution in [2.75, 3.05) is 35.8 Å². The molecule has 1 N–H and O–H groups in total. The number of fused-ring (bicyclic) bond motifs is 5. The number of hydrogen-bond donors (Lipinski definition) is 1. The van der Waals surface area contributed by atoms with Crippen LogP contribution in [0.4, 0.5) is 5.69 Å². The smallest absolute Gasteiger partial charge is 0.310 e. The first-order valence-electron chi connectivity index (χ1n) is 20.1. The lowest BCUT2D eigenvalue weighted by Crippen LogP contribution is -2.59. The topological polar surface area (TPSA) is 85.3 Å². The van der Waals surface area contributed by atoms with E-state index in [-0.39, 0.29) is 41.6 Å². The van der Waals surface area contributed by atoms with Crippen LogP contribution < -0.4 is 9.64 Å². The van der Waals surface area contributed by atoms with Crippen LogP contribution in [-0.2, 0) is 32.1 Å². The highest BCUT2D eigenvalue weighted by Crippen LogP contribution is 2.68. The van der Waals surface area contributed by atoms with Crippen molar-refractivity contribution in [3.05, 3.63) is 59.7 Å². The summed E-state index contributed by atoms with van der Waals surface area (Å²) >= 11 is 7.10. The van der Waals surface area contributed by atoms with E-state index in [1.54, 1.807) is 7.11 Å². The van der Waals surface area contributed by atoms with Crippen molar-refractivity contribution in [1.82, 2.24) is 0 Å². The molecule has 0 spiro atoms. The number of esters is 2. The minimum absolute atomic E-state index is 0.0249. The number of hydrogen-bond acceptors (Lipinski definition) is 7. The summed E-state index contributed by atoms with van der Waals surface area (Å²) in [7, 11) is 1.64. The van der Waals surface area contributed by atoms with Crippen LogP contribution in [0.15, 0.2) is 48.5 Å². The van der Waals surface area contributed by atoms with Gasteiger partial charge in [0.2, 0.25) is 0 Å². The number of carbonyl (C=O) groups is 2. The van der Waals surface area contributed by atoms with Crippen LogP contribution in [0.25, 0.3) is 0 Å². The highest BCUT2D eigenvalue weighted by atomic mass is 79.9. The summed E-state index contributed by atoms with van der Waals surface area (Å²) in [4.78, 5) is 28.2. The van der Waals surface area contributed by atoms with Crippen LogP contribution in [0, 0.1) is 46.3 Å². The normalized spacial score (nSPS) is 32.5. The third-order valence-electron chi connectivity index (χ3n) is 14.5. The average molecular weight is 860 g/mol. The fourth-order valence-electron chi connectivity index (χ4n) is 11.5. The SMILES string of the molecule is COc1ccc(COC(=O)CC[C@@H](C)[C@H]2CC[C@H]3[C@@H]4CC[C@@H]5C[C@H](OC(=O)Cc6ccc(N(CCBr)CCBr)cc6)CC[C@]5(C)[C@H]4C[C@H](O)[C@]23C)cc1. The second-order valence-corrected chi connectivity index (χ2v) is 18.7. The Bertz CT molecular complexity index is 1510. The fourth-order valence-corrected chi connectivity index (χ4v) is 12.4. The lowest BCUT2D eigenvalue weighted by atomic mass is 9.43. The highest BCUT2D eigenvalue weighted by molar-refractivity contribution is 9.09. The molecule has 0 unspecified atom stereocenters. The van der Waals surface area contributed by atoms with Crippen LogP contribution in [0.1, 0.15) is 96.1 Å². The number of rotatable bonds is 15. The average Bonchev–Trinajstić information content (AvgIpc) is 3.52. The van der Waals surface area contributed by atoms with Crippen molar-refractivity contribution >= 4 is 49.5 Å². The number of anilines is 1. The third kappa shape index (κ3) is 8.83. The molecule has 0 aliphatic heterocycles. The van der Waals surface area contributed by atoms with Gasteiger partial charge >= 0.3 is 11.9 Å². The number of methoxy groups -OCH3 is 1. The number of carbonyl (C=O) groups excluding carboxylic acids is 2. The molecule has 9 heteroatoms. The van der Waals surface area contributed by atoms with Gasteiger partial charge in [-0.1, -0.05) is 76.9 Å². The monoisotopic (exact) mass is 857 g/mol. The van der Waals surface area contributed by atoms with Crippen molar-refractivity contribution in [2.24, 2.45) is 46.3 Å². The van der Waals surface area contributed by atoms with Crippen LogP contribution in [0.5, 0.6) is 5.75 Å². The molecule has 4 saturated carbocycles. The van der Waals surface area contributed by atoms with E-state index in [4.69, 9.17) is 14.2 Å². The van der Waals surface area contributed by atoms with Gasteiger partial charge in [-0.3, -0.25) is 9.59 Å². The van der Waals surface area contributed by atoms with Gasteiger partial charge in [-0.25, -0.2) is 0 Å². The first kappa shape index (κ1) is 40.6. The molecule has 4 aliphatic carbocycles. The van der Waals surface area contributed by atoms with E-state index in [0.29, 0.717) is 48.3 Å². The van der Waals surface area contributed by atoms with E-state index in [0.717, 1.165) is 84.8 Å². The second kappa shape index (κ2) is 17.8. The minimum Gasteiger partial charge on any atom is -0.497 e. The Morgan fingerprint density at radius 2 is 1.58 bits per heavy atom. The van der Waals surface area contributed by atoms with Crippen molar-refractivity contribution in [3.63, 3.8) is 0 Å². The molecule has 292 valence electrons. The summed E-state index contributed by atoms with van der Waals surface area (Å²) in [5.74, 6) is 3.39. The largest absolute Gasteiger partial charge is 0.497 e. The Balaban J connectivity index is 1.000. The Kier molecular flexibility index (Phi) is 13.6. The zero-order valence-electron chi connectivity index (χ0n) is 32.2. The number of halogens is 2. The van der Waals surface area contributed by atoms with Crippen LogP contribution >= 0.6 is 31.9 Å². The Labute approximate surface area is 334 Å². The quantitative estimate of drug-likeness (QED) is 0.141. The molecule has 7 nitrogen and oxygen atoms in total. The summed E-state index contributed by atoms with van der Waals surface area (Å²) < 4.78 is 17.0. The molecule has 0 amide bonds. The van der Waals surface area contributed by atoms with Crippen molar-refractivity contribution in [2.45, 2.75) is 110 Å². The van der Waals surface area contributed by atoms with E-state index in [1.807, 2.05) is 24.3 Å². The van der Waals surface area contributed by atoms with Gasteiger partial charge in [0.15, 0.2) is 0 Å². The molecule has 0 radical (unpaired) electrons. The maximum atomic E-state index is 13.1. The van der Waals surface area contributed by atoms with Gasteiger partial charge in [0.05, 0.1) is 19.6 Å². The van der Waals surface area contributed by atoms with E-state index < -0.39 is 0 Å². The Morgan fingerprint density at radius 3 is 2.26 bits per heavy atom. The lowest BCUT2D eigenvalue weighted by molar-refractivity contribution is -0.181. The molecule has 0 bridgehead atoms. The van der Waals surface area contributed by atoms with Crippen LogP contribution in [0.2, 0.25) is 0 Å². The maximum Gasteiger partial charge on any atom is 0.310 e. The van der Waals surface area contributed by atoms with E-state index in [1.165, 1.54) is 19.3 Å². The summed E-state index contributed by atoms with van der Waals surface area (Å²) in [6.45, 7) is 9.29. The van der Waals surface area contributed by atoms with Crippen molar-refractivity contribution < 1.29 is 28.9 Å². The number of aliphatic hydroxyl groups is 1. The van der Waals surface area contributed by atoms with Gasteiger partial charge in [0, 0.05) is 35.9 Å². The molecule has 10 atom stereocenters. The first-order valence-corrected chi connectivity index (χ1v) is 22.4. The molecular formula is C44H61Br2NO6. The number of benzene rings is 2. The molecule has 4 aliphatic rings. The Hall–Kier alpha value is -2.10. The number of aliphatic hydroxyl groups excluding tert-OH is 1. The zero-order valence-corrected chi connectivity index (χ0v) is 35.4. The highest BCUT2D eigenvalue weighted by Gasteiger charge is 2.63. The third-order valence-corrected chi connectivity index (χ3v) is 15.2. The van der Waals surface area contributed by atoms with Crippen LogP contribution in [-0.4, -0.2) is 60.1 Å². The van der Waals surface area contributed by atoms with Gasteiger partial charge in [0.1, 0.15) is 18.5 Å². The predicted octanol–water partition coefficient (Wildman–Crippen LogP) is 9.54. The summed E-state index contributed by atoms with van der Waals surface area (Å²) in [5.41, 5.74) is 3.15. The molecule has 4 fully saturated rings. The van der Waals surface area contributed by atoms with Crippen molar-refractivity contribution in [1.29, 1.82) is 0 Å². The molecule has 2 aromatic rings. The summed E-state index contributed by atoms with van der Waals surface area (Å²) in [6, 6.07) is 15.9. The van der Waals surface area contributed by atoms with Gasteiger partial charge in [0.25, 0.3) is 0 Å². The zero-order chi connectivity index (χ0) is 37.8. The molecule has 53 heavy (non-hydrogen) atoms. The minimum atomic E-state index is -0.339.